The third kappa shape index (κ3) is 3.07. The molecule has 0 unspecified atom stereocenters. The molecule has 0 atom stereocenters. The molecule has 0 fully saturated rings. The van der Waals surface area contributed by atoms with E-state index in [2.05, 4.69) is 5.32 Å². The Morgan fingerprint density at radius 3 is 2.60 bits per heavy atom. The average Bonchev–Trinajstić information content (AvgIpc) is 2.41. The van der Waals surface area contributed by atoms with E-state index < -0.39 is 5.91 Å². The molecule has 4 N–H and O–H groups in total. The molecule has 1 amide bonds. The van der Waals surface area contributed by atoms with Gasteiger partial charge in [0.2, 0.25) is 0 Å². The second kappa shape index (κ2) is 5.90. The molecule has 0 aromatic heterocycles. The lowest BCUT2D eigenvalue weighted by Gasteiger charge is -2.11. The fourth-order valence-electron chi connectivity index (χ4n) is 1.68. The van der Waals surface area contributed by atoms with Crippen LogP contribution in [0.1, 0.15) is 15.9 Å². The predicted octanol–water partition coefficient (Wildman–Crippen LogP) is 2.93. The van der Waals surface area contributed by atoms with E-state index >= 15 is 0 Å². The van der Waals surface area contributed by atoms with Crippen LogP contribution in [-0.2, 0) is 0 Å². The number of phenols is 1. The van der Waals surface area contributed by atoms with Crippen LogP contribution >= 0.6 is 23.8 Å². The molecule has 6 heteroatoms. The Bertz CT molecular complexity index is 689. The van der Waals surface area contributed by atoms with Gasteiger partial charge in [-0.3, -0.25) is 4.79 Å². The highest BCUT2D eigenvalue weighted by molar-refractivity contribution is 7.80. The van der Waals surface area contributed by atoms with Crippen molar-refractivity contribution in [3.8, 4) is 5.75 Å². The molecule has 0 heterocycles. The lowest BCUT2D eigenvalue weighted by Crippen LogP contribution is -2.17. The van der Waals surface area contributed by atoms with Crippen molar-refractivity contribution in [2.45, 2.75) is 0 Å². The zero-order valence-electron chi connectivity index (χ0n) is 10.3. The second-order valence-electron chi connectivity index (χ2n) is 4.03. The van der Waals surface area contributed by atoms with Crippen LogP contribution in [0, 0.1) is 0 Å². The first-order valence-electron chi connectivity index (χ1n) is 5.67. The van der Waals surface area contributed by atoms with Crippen LogP contribution in [0.2, 0.25) is 5.02 Å². The molecular weight excluding hydrogens is 296 g/mol. The summed E-state index contributed by atoms with van der Waals surface area (Å²) in [5.41, 5.74) is 6.82. The van der Waals surface area contributed by atoms with E-state index in [1.54, 1.807) is 24.3 Å². The van der Waals surface area contributed by atoms with Crippen LogP contribution in [0.25, 0.3) is 0 Å². The molecule has 0 aliphatic rings. The third-order valence-corrected chi connectivity index (χ3v) is 3.18. The summed E-state index contributed by atoms with van der Waals surface area (Å²) >= 11 is 10.9. The van der Waals surface area contributed by atoms with Crippen molar-refractivity contribution in [1.29, 1.82) is 0 Å². The SMILES string of the molecule is NC(=S)c1ccccc1NC(=O)c1cc(O)ccc1Cl. The number of hydrogen-bond acceptors (Lipinski definition) is 3. The highest BCUT2D eigenvalue weighted by Gasteiger charge is 2.13. The van der Waals surface area contributed by atoms with Crippen molar-refractivity contribution in [2.24, 2.45) is 5.73 Å². The summed E-state index contributed by atoms with van der Waals surface area (Å²) in [7, 11) is 0. The standard InChI is InChI=1S/C14H11ClN2O2S/c15-11-6-5-8(18)7-10(11)14(19)17-12-4-2-1-3-9(12)13(16)20/h1-7,18H,(H2,16,20)(H,17,19). The molecule has 2 aromatic carbocycles. The molecule has 4 nitrogen and oxygen atoms in total. The minimum absolute atomic E-state index is 0.0396. The first kappa shape index (κ1) is 14.3. The number of para-hydroxylation sites is 1. The number of aromatic hydroxyl groups is 1. The van der Waals surface area contributed by atoms with Crippen molar-refractivity contribution in [3.05, 3.63) is 58.6 Å². The van der Waals surface area contributed by atoms with Gasteiger partial charge in [-0.1, -0.05) is 36.0 Å². The van der Waals surface area contributed by atoms with Gasteiger partial charge in [0.1, 0.15) is 10.7 Å². The number of rotatable bonds is 3. The highest BCUT2D eigenvalue weighted by Crippen LogP contribution is 2.23. The fourth-order valence-corrected chi connectivity index (χ4v) is 2.07. The zero-order chi connectivity index (χ0) is 14.7. The van der Waals surface area contributed by atoms with E-state index in [-0.39, 0.29) is 21.3 Å². The van der Waals surface area contributed by atoms with Gasteiger partial charge in [0.15, 0.2) is 0 Å². The van der Waals surface area contributed by atoms with Crippen molar-refractivity contribution in [3.63, 3.8) is 0 Å². The summed E-state index contributed by atoms with van der Waals surface area (Å²) in [6.45, 7) is 0. The topological polar surface area (TPSA) is 75.3 Å². The third-order valence-electron chi connectivity index (χ3n) is 2.64. The molecule has 0 spiro atoms. The lowest BCUT2D eigenvalue weighted by atomic mass is 10.1. The Morgan fingerprint density at radius 1 is 1.20 bits per heavy atom. The fraction of sp³-hybridized carbons (Fsp3) is 0. The number of thiocarbonyl (C=S) groups is 1. The largest absolute Gasteiger partial charge is 0.508 e. The van der Waals surface area contributed by atoms with E-state index in [1.165, 1.54) is 18.2 Å². The Balaban J connectivity index is 2.33. The minimum atomic E-state index is -0.449. The van der Waals surface area contributed by atoms with Gasteiger partial charge < -0.3 is 16.2 Å². The number of halogens is 1. The van der Waals surface area contributed by atoms with Crippen molar-refractivity contribution >= 4 is 40.4 Å². The number of amides is 1. The van der Waals surface area contributed by atoms with Gasteiger partial charge in [-0.15, -0.1) is 0 Å². The molecule has 20 heavy (non-hydrogen) atoms. The van der Waals surface area contributed by atoms with Gasteiger partial charge in [-0.05, 0) is 30.3 Å². The van der Waals surface area contributed by atoms with Gasteiger partial charge in [-0.25, -0.2) is 0 Å². The predicted molar refractivity (Wildman–Crippen MR) is 83.4 cm³/mol. The molecule has 2 aromatic rings. The van der Waals surface area contributed by atoms with Crippen molar-refractivity contribution < 1.29 is 9.90 Å². The number of carbonyl (C=O) groups excluding carboxylic acids is 1. The maximum Gasteiger partial charge on any atom is 0.257 e. The summed E-state index contributed by atoms with van der Waals surface area (Å²) in [5.74, 6) is -0.489. The van der Waals surface area contributed by atoms with Crippen LogP contribution in [0.3, 0.4) is 0 Å². The van der Waals surface area contributed by atoms with E-state index in [0.717, 1.165) is 0 Å². The van der Waals surface area contributed by atoms with Crippen LogP contribution in [-0.4, -0.2) is 16.0 Å². The van der Waals surface area contributed by atoms with E-state index in [9.17, 15) is 9.90 Å². The van der Waals surface area contributed by atoms with Gasteiger partial charge in [-0.2, -0.15) is 0 Å². The maximum absolute atomic E-state index is 12.2. The Kier molecular flexibility index (Phi) is 4.22. The summed E-state index contributed by atoms with van der Waals surface area (Å²) < 4.78 is 0. The van der Waals surface area contributed by atoms with Crippen LogP contribution in [0.5, 0.6) is 5.75 Å². The molecule has 102 valence electrons. The van der Waals surface area contributed by atoms with E-state index in [4.69, 9.17) is 29.6 Å². The molecule has 0 saturated carbocycles. The van der Waals surface area contributed by atoms with Crippen molar-refractivity contribution in [2.75, 3.05) is 5.32 Å². The first-order valence-corrected chi connectivity index (χ1v) is 6.46. The summed E-state index contributed by atoms with van der Waals surface area (Å²) in [5, 5.41) is 12.3. The molecule has 0 aliphatic heterocycles. The maximum atomic E-state index is 12.2. The van der Waals surface area contributed by atoms with Crippen LogP contribution < -0.4 is 11.1 Å². The number of nitrogens with one attached hydrogen (secondary N) is 1. The lowest BCUT2D eigenvalue weighted by molar-refractivity contribution is 0.102. The zero-order valence-corrected chi connectivity index (χ0v) is 11.8. The number of carbonyl (C=O) groups is 1. The number of nitrogens with two attached hydrogens (primary N) is 1. The van der Waals surface area contributed by atoms with Gasteiger partial charge in [0.05, 0.1) is 16.3 Å². The molecule has 0 saturated heterocycles. The van der Waals surface area contributed by atoms with E-state index in [1.807, 2.05) is 0 Å². The molecule has 0 bridgehead atoms. The number of phenolic OH excluding ortho intramolecular Hbond substituents is 1. The Hall–Kier alpha value is -2.11. The smallest absolute Gasteiger partial charge is 0.257 e. The minimum Gasteiger partial charge on any atom is -0.508 e. The average molecular weight is 307 g/mol. The number of hydrogen-bond donors (Lipinski definition) is 3. The van der Waals surface area contributed by atoms with Gasteiger partial charge >= 0.3 is 0 Å². The van der Waals surface area contributed by atoms with Crippen molar-refractivity contribution in [1.82, 2.24) is 0 Å². The number of benzene rings is 2. The molecule has 2 rings (SSSR count). The van der Waals surface area contributed by atoms with Crippen LogP contribution in [0.4, 0.5) is 5.69 Å². The van der Waals surface area contributed by atoms with E-state index in [0.29, 0.717) is 11.3 Å². The molecule has 0 aliphatic carbocycles. The second-order valence-corrected chi connectivity index (χ2v) is 4.88. The summed E-state index contributed by atoms with van der Waals surface area (Å²) in [4.78, 5) is 12.4. The van der Waals surface area contributed by atoms with Gasteiger partial charge in [0, 0.05) is 5.56 Å². The highest BCUT2D eigenvalue weighted by atomic mass is 35.5. The Labute approximate surface area is 126 Å². The Morgan fingerprint density at radius 2 is 1.90 bits per heavy atom. The van der Waals surface area contributed by atoms with Crippen LogP contribution in [0.15, 0.2) is 42.5 Å². The quantitative estimate of drug-likeness (QED) is 0.762. The summed E-state index contributed by atoms with van der Waals surface area (Å²) in [6.07, 6.45) is 0. The summed E-state index contributed by atoms with van der Waals surface area (Å²) in [6, 6.07) is 11.1. The first-order chi connectivity index (χ1) is 9.49. The number of anilines is 1. The molecular formula is C14H11ClN2O2S. The van der Waals surface area contributed by atoms with Gasteiger partial charge in [0.25, 0.3) is 5.91 Å². The monoisotopic (exact) mass is 306 g/mol. The normalized spacial score (nSPS) is 10.1. The molecule has 0 radical (unpaired) electrons.